The van der Waals surface area contributed by atoms with Gasteiger partial charge in [-0.05, 0) is 48.0 Å². The summed E-state index contributed by atoms with van der Waals surface area (Å²) in [5.74, 6) is 1.48. The number of hydrogen-bond acceptors (Lipinski definition) is 4. The van der Waals surface area contributed by atoms with E-state index in [4.69, 9.17) is 9.47 Å². The van der Waals surface area contributed by atoms with E-state index >= 15 is 0 Å². The van der Waals surface area contributed by atoms with Crippen LogP contribution in [0.2, 0.25) is 0 Å². The molecule has 0 bridgehead atoms. The van der Waals surface area contributed by atoms with Crippen LogP contribution in [-0.4, -0.2) is 26.2 Å². The predicted octanol–water partition coefficient (Wildman–Crippen LogP) is 5.09. The lowest BCUT2D eigenvalue weighted by Gasteiger charge is -2.19. The van der Waals surface area contributed by atoms with Crippen LogP contribution >= 0.6 is 11.3 Å². The number of methoxy groups -OCH3 is 2. The van der Waals surface area contributed by atoms with Crippen molar-refractivity contribution in [1.29, 1.82) is 0 Å². The Hall–Kier alpha value is -2.46. The van der Waals surface area contributed by atoms with E-state index in [1.165, 1.54) is 15.3 Å². The SMILES string of the molecule is C=C/C(=C\C(=C)OC)N(C)Cc1ccc(-c2ccc(OC)cc2)s1. The Labute approximate surface area is 148 Å². The van der Waals surface area contributed by atoms with Gasteiger partial charge in [-0.15, -0.1) is 11.3 Å². The first-order valence-corrected chi connectivity index (χ1v) is 8.40. The van der Waals surface area contributed by atoms with Crippen molar-refractivity contribution in [2.24, 2.45) is 0 Å². The second-order valence-electron chi connectivity index (χ2n) is 5.29. The third-order valence-corrected chi connectivity index (χ3v) is 4.77. The first-order chi connectivity index (χ1) is 11.6. The molecule has 0 N–H and O–H groups in total. The van der Waals surface area contributed by atoms with Gasteiger partial charge in [0, 0.05) is 28.6 Å². The number of nitrogens with zero attached hydrogens (tertiary/aromatic N) is 1. The highest BCUT2D eigenvalue weighted by Crippen LogP contribution is 2.30. The highest BCUT2D eigenvalue weighted by Gasteiger charge is 2.07. The zero-order valence-electron chi connectivity index (χ0n) is 14.4. The molecule has 1 aromatic carbocycles. The molecule has 3 nitrogen and oxygen atoms in total. The van der Waals surface area contributed by atoms with Gasteiger partial charge in [-0.2, -0.15) is 0 Å². The molecule has 0 radical (unpaired) electrons. The monoisotopic (exact) mass is 341 g/mol. The van der Waals surface area contributed by atoms with Crippen molar-refractivity contribution in [2.45, 2.75) is 6.54 Å². The van der Waals surface area contributed by atoms with Crippen molar-refractivity contribution in [3.05, 3.63) is 78.0 Å². The van der Waals surface area contributed by atoms with Gasteiger partial charge >= 0.3 is 0 Å². The number of thiophene rings is 1. The van der Waals surface area contributed by atoms with E-state index in [-0.39, 0.29) is 0 Å². The van der Waals surface area contributed by atoms with Crippen molar-refractivity contribution < 1.29 is 9.47 Å². The molecule has 0 atom stereocenters. The maximum Gasteiger partial charge on any atom is 0.118 e. The fourth-order valence-electron chi connectivity index (χ4n) is 2.25. The van der Waals surface area contributed by atoms with Crippen LogP contribution in [0.4, 0.5) is 0 Å². The highest BCUT2D eigenvalue weighted by molar-refractivity contribution is 7.15. The van der Waals surface area contributed by atoms with Crippen LogP contribution in [-0.2, 0) is 11.3 Å². The normalized spacial score (nSPS) is 11.0. The Balaban J connectivity index is 2.11. The number of benzene rings is 1. The molecule has 2 aromatic rings. The Morgan fingerprint density at radius 3 is 2.46 bits per heavy atom. The van der Waals surface area contributed by atoms with Gasteiger partial charge in [-0.3, -0.25) is 0 Å². The number of allylic oxidation sites excluding steroid dienone is 2. The number of rotatable bonds is 8. The molecule has 2 rings (SSSR count). The summed E-state index contributed by atoms with van der Waals surface area (Å²) >= 11 is 1.78. The molecule has 24 heavy (non-hydrogen) atoms. The van der Waals surface area contributed by atoms with Gasteiger partial charge in [0.1, 0.15) is 11.5 Å². The van der Waals surface area contributed by atoms with Crippen LogP contribution in [0.15, 0.2) is 73.2 Å². The molecule has 0 fully saturated rings. The minimum absolute atomic E-state index is 0.613. The Kier molecular flexibility index (Phi) is 6.27. The summed E-state index contributed by atoms with van der Waals surface area (Å²) in [6.45, 7) is 8.49. The van der Waals surface area contributed by atoms with E-state index in [2.05, 4.69) is 42.3 Å². The first kappa shape index (κ1) is 17.9. The Bertz CT molecular complexity index is 728. The summed E-state index contributed by atoms with van der Waals surface area (Å²) in [5.41, 5.74) is 2.17. The average molecular weight is 341 g/mol. The molecule has 0 amide bonds. The predicted molar refractivity (Wildman–Crippen MR) is 102 cm³/mol. The Morgan fingerprint density at radius 2 is 1.88 bits per heavy atom. The van der Waals surface area contributed by atoms with Gasteiger partial charge in [0.05, 0.1) is 20.8 Å². The second-order valence-corrected chi connectivity index (χ2v) is 6.46. The van der Waals surface area contributed by atoms with Crippen molar-refractivity contribution in [3.63, 3.8) is 0 Å². The van der Waals surface area contributed by atoms with E-state index in [0.29, 0.717) is 5.76 Å². The minimum Gasteiger partial charge on any atom is -0.497 e. The first-order valence-electron chi connectivity index (χ1n) is 7.58. The molecule has 126 valence electrons. The smallest absolute Gasteiger partial charge is 0.118 e. The lowest BCUT2D eigenvalue weighted by molar-refractivity contribution is 0.305. The zero-order chi connectivity index (χ0) is 17.5. The number of hydrogen-bond donors (Lipinski definition) is 0. The van der Waals surface area contributed by atoms with E-state index in [1.54, 1.807) is 25.6 Å². The highest BCUT2D eigenvalue weighted by atomic mass is 32.1. The second kappa shape index (κ2) is 8.41. The van der Waals surface area contributed by atoms with E-state index in [9.17, 15) is 0 Å². The lowest BCUT2D eigenvalue weighted by atomic mass is 10.2. The molecule has 0 unspecified atom stereocenters. The third kappa shape index (κ3) is 4.52. The van der Waals surface area contributed by atoms with Gasteiger partial charge in [-0.25, -0.2) is 0 Å². The fraction of sp³-hybridized carbons (Fsp3) is 0.200. The standard InChI is InChI=1S/C20H23NO2S/c1-6-17(13-15(2)22-4)21(3)14-19-11-12-20(24-19)16-7-9-18(23-5)10-8-16/h6-13H,1-2,14H2,3-5H3/b17-13+. The molecule has 4 heteroatoms. The molecule has 0 aliphatic rings. The van der Waals surface area contributed by atoms with Crippen LogP contribution in [0, 0.1) is 0 Å². The summed E-state index contributed by atoms with van der Waals surface area (Å²) in [5, 5.41) is 0. The molecular weight excluding hydrogens is 318 g/mol. The van der Waals surface area contributed by atoms with E-state index in [1.807, 2.05) is 31.3 Å². The summed E-state index contributed by atoms with van der Waals surface area (Å²) in [6, 6.07) is 12.4. The number of likely N-dealkylation sites (N-methyl/N-ethyl adjacent to an activating group) is 1. The van der Waals surface area contributed by atoms with Gasteiger partial charge < -0.3 is 14.4 Å². The van der Waals surface area contributed by atoms with Crippen molar-refractivity contribution in [3.8, 4) is 16.2 Å². The van der Waals surface area contributed by atoms with E-state index < -0.39 is 0 Å². The van der Waals surface area contributed by atoms with E-state index in [0.717, 1.165) is 18.0 Å². The summed E-state index contributed by atoms with van der Waals surface area (Å²) in [4.78, 5) is 4.64. The summed E-state index contributed by atoms with van der Waals surface area (Å²) in [6.07, 6.45) is 3.69. The van der Waals surface area contributed by atoms with Gasteiger partial charge in [0.15, 0.2) is 0 Å². The van der Waals surface area contributed by atoms with Gasteiger partial charge in [-0.1, -0.05) is 13.2 Å². The quantitative estimate of drug-likeness (QED) is 0.493. The van der Waals surface area contributed by atoms with Gasteiger partial charge in [0.2, 0.25) is 0 Å². The molecule has 0 saturated heterocycles. The van der Waals surface area contributed by atoms with Crippen LogP contribution in [0.25, 0.3) is 10.4 Å². The van der Waals surface area contributed by atoms with Crippen molar-refractivity contribution in [1.82, 2.24) is 4.90 Å². The largest absolute Gasteiger partial charge is 0.497 e. The third-order valence-electron chi connectivity index (χ3n) is 3.65. The molecular formula is C20H23NO2S. The van der Waals surface area contributed by atoms with Crippen LogP contribution in [0.5, 0.6) is 5.75 Å². The number of ether oxygens (including phenoxy) is 2. The van der Waals surface area contributed by atoms with Crippen LogP contribution in [0.3, 0.4) is 0 Å². The molecule has 1 heterocycles. The van der Waals surface area contributed by atoms with Crippen molar-refractivity contribution in [2.75, 3.05) is 21.3 Å². The minimum atomic E-state index is 0.613. The van der Waals surface area contributed by atoms with Crippen LogP contribution < -0.4 is 4.74 Å². The average Bonchev–Trinajstić information content (AvgIpc) is 3.07. The van der Waals surface area contributed by atoms with Gasteiger partial charge in [0.25, 0.3) is 0 Å². The lowest BCUT2D eigenvalue weighted by Crippen LogP contribution is -2.15. The molecule has 0 aliphatic carbocycles. The molecule has 0 aliphatic heterocycles. The van der Waals surface area contributed by atoms with Crippen LogP contribution in [0.1, 0.15) is 4.88 Å². The molecule has 0 saturated carbocycles. The summed E-state index contributed by atoms with van der Waals surface area (Å²) in [7, 11) is 5.32. The zero-order valence-corrected chi connectivity index (χ0v) is 15.2. The maximum atomic E-state index is 5.21. The fourth-order valence-corrected chi connectivity index (χ4v) is 3.31. The maximum absolute atomic E-state index is 5.21. The topological polar surface area (TPSA) is 21.7 Å². The Morgan fingerprint density at radius 1 is 1.17 bits per heavy atom. The van der Waals surface area contributed by atoms with Crippen molar-refractivity contribution >= 4 is 11.3 Å². The molecule has 1 aromatic heterocycles. The summed E-state index contributed by atoms with van der Waals surface area (Å²) < 4.78 is 10.3. The molecule has 0 spiro atoms.